The van der Waals surface area contributed by atoms with Gasteiger partial charge in [-0.1, -0.05) is 114 Å². The van der Waals surface area contributed by atoms with Crippen LogP contribution in [0.1, 0.15) is 167 Å². The van der Waals surface area contributed by atoms with Gasteiger partial charge in [0.2, 0.25) is 35.7 Å². The first kappa shape index (κ1) is 63.2. The van der Waals surface area contributed by atoms with Crippen LogP contribution >= 0.6 is 0 Å². The molecule has 3 aliphatic carbocycles. The van der Waals surface area contributed by atoms with Crippen molar-refractivity contribution in [1.82, 2.24) is 29.9 Å². The minimum Gasteiger partial charge on any atom is -0.379 e. The number of nitrogens with zero attached hydrogens (tertiary/aromatic N) is 6. The Balaban J connectivity index is 0.000000236. The molecular weight excluding hydrogens is 1040 g/mol. The van der Waals surface area contributed by atoms with Crippen molar-refractivity contribution in [3.63, 3.8) is 0 Å². The number of fused-ring (bicyclic) bond motifs is 2. The van der Waals surface area contributed by atoms with Crippen LogP contribution in [0.2, 0.25) is 0 Å². The molecular formula is C63H91FN12O6. The molecule has 3 unspecified atom stereocenters. The van der Waals surface area contributed by atoms with Crippen LogP contribution in [0.3, 0.4) is 0 Å². The van der Waals surface area contributed by atoms with Gasteiger partial charge in [-0.25, -0.2) is 4.39 Å². The van der Waals surface area contributed by atoms with Crippen molar-refractivity contribution >= 4 is 47.3 Å². The standard InChI is InChI=1S/C33H50N6O3.C30H41FN6O3/c1-2-16-41-18-19-42-17-6-9-30(40)27-13-10-25(11-14-27)23-35-32-37-31(34-22-24-7-4-3-5-8-24)38-33(39-32)36-29-21-26-12-15-28(29)20-26;1-3-5-15-32-28-35-29(37-30(36-28)34-22-24-8-6-9-26(31)20-24)33-21-23-11-13-25(14-12-23)27(38)10-7-17-40-19-18-39-16-4-2/h10-11,13-14,24,26,28-29H,2-9,12,15-23H2,1H3,(H3,34,35,36,37,38,39);6,8-9,11-14,20H,3-5,7,10,15-19,21-22H2,1-2H3,(H3,32,33,34,35,36,37). The lowest BCUT2D eigenvalue weighted by Gasteiger charge is -2.24. The molecule has 0 saturated heterocycles. The maximum absolute atomic E-state index is 13.5. The van der Waals surface area contributed by atoms with Crippen LogP contribution in [-0.4, -0.2) is 113 Å². The van der Waals surface area contributed by atoms with Crippen LogP contribution < -0.4 is 31.9 Å². The van der Waals surface area contributed by atoms with Gasteiger partial charge in [0.25, 0.3) is 0 Å². The molecule has 2 aromatic heterocycles. The van der Waals surface area contributed by atoms with E-state index in [1.165, 1.54) is 69.9 Å². The predicted molar refractivity (Wildman–Crippen MR) is 323 cm³/mol. The Labute approximate surface area is 485 Å². The number of nitrogens with one attached hydrogen (secondary N) is 6. The molecule has 6 N–H and O–H groups in total. The number of carbonyl (C=O) groups is 2. The van der Waals surface area contributed by atoms with Gasteiger partial charge in [-0.3, -0.25) is 9.59 Å². The minimum absolute atomic E-state index is 0.0969. The number of aromatic nitrogens is 6. The van der Waals surface area contributed by atoms with E-state index in [1.807, 2.05) is 54.6 Å². The second-order valence-corrected chi connectivity index (χ2v) is 21.8. The van der Waals surface area contributed by atoms with Crippen molar-refractivity contribution in [1.29, 1.82) is 0 Å². The zero-order valence-corrected chi connectivity index (χ0v) is 49.0. The minimum atomic E-state index is -0.287. The molecule has 18 nitrogen and oxygen atoms in total. The first-order valence-electron chi connectivity index (χ1n) is 30.5. The largest absolute Gasteiger partial charge is 0.379 e. The molecule has 8 rings (SSSR count). The second-order valence-electron chi connectivity index (χ2n) is 21.8. The zero-order valence-electron chi connectivity index (χ0n) is 49.0. The third-order valence-electron chi connectivity index (χ3n) is 15.0. The van der Waals surface area contributed by atoms with Gasteiger partial charge in [0.1, 0.15) is 5.82 Å². The number of unbranched alkanes of at least 4 members (excludes halogenated alkanes) is 1. The van der Waals surface area contributed by atoms with Crippen molar-refractivity contribution in [3.8, 4) is 0 Å². The van der Waals surface area contributed by atoms with Gasteiger partial charge in [-0.2, -0.15) is 29.9 Å². The Hall–Kier alpha value is -6.41. The third kappa shape index (κ3) is 23.1. The number of ketones is 2. The molecule has 2 heterocycles. The van der Waals surface area contributed by atoms with E-state index in [0.29, 0.717) is 138 Å². The van der Waals surface area contributed by atoms with E-state index < -0.39 is 0 Å². The Morgan fingerprint density at radius 2 is 1.00 bits per heavy atom. The summed E-state index contributed by atoms with van der Waals surface area (Å²) in [5.41, 5.74) is 4.26. The van der Waals surface area contributed by atoms with Crippen molar-refractivity contribution < 1.29 is 32.9 Å². The Bertz CT molecular complexity index is 2630. The van der Waals surface area contributed by atoms with E-state index in [9.17, 15) is 14.0 Å². The number of ether oxygens (including phenoxy) is 4. The van der Waals surface area contributed by atoms with Gasteiger partial charge >= 0.3 is 0 Å². The van der Waals surface area contributed by atoms with Crippen LogP contribution in [-0.2, 0) is 38.6 Å². The quantitative estimate of drug-likeness (QED) is 0.0160. The number of carbonyl (C=O) groups excluding carboxylic acids is 2. The van der Waals surface area contributed by atoms with Gasteiger partial charge < -0.3 is 50.8 Å². The molecule has 3 aromatic carbocycles. The molecule has 446 valence electrons. The summed E-state index contributed by atoms with van der Waals surface area (Å²) in [6.45, 7) is 14.3. The second kappa shape index (κ2) is 36.2. The maximum Gasteiger partial charge on any atom is 0.229 e. The molecule has 5 aromatic rings. The molecule has 0 radical (unpaired) electrons. The van der Waals surface area contributed by atoms with Crippen LogP contribution in [0.5, 0.6) is 0 Å². The molecule has 0 aliphatic heterocycles. The number of hydrogen-bond donors (Lipinski definition) is 6. The molecule has 82 heavy (non-hydrogen) atoms. The Morgan fingerprint density at radius 1 is 0.500 bits per heavy atom. The highest BCUT2D eigenvalue weighted by atomic mass is 19.1. The topological polar surface area (TPSA) is 221 Å². The van der Waals surface area contributed by atoms with Gasteiger partial charge in [-0.05, 0) is 111 Å². The fourth-order valence-electron chi connectivity index (χ4n) is 10.5. The van der Waals surface area contributed by atoms with Gasteiger partial charge in [-0.15, -0.1) is 0 Å². The predicted octanol–water partition coefficient (Wildman–Crippen LogP) is 12.3. The monoisotopic (exact) mass is 1130 g/mol. The van der Waals surface area contributed by atoms with Crippen molar-refractivity contribution in [2.24, 2.45) is 17.8 Å². The molecule has 3 aliphatic rings. The lowest BCUT2D eigenvalue weighted by molar-refractivity contribution is 0.0463. The number of Topliss-reactive ketones (excluding diaryl/α,β-unsaturated/α-hetero) is 2. The number of rotatable bonds is 38. The third-order valence-corrected chi connectivity index (χ3v) is 15.0. The van der Waals surface area contributed by atoms with E-state index in [0.717, 1.165) is 86.1 Å². The van der Waals surface area contributed by atoms with E-state index in [4.69, 9.17) is 33.9 Å². The molecule has 3 fully saturated rings. The van der Waals surface area contributed by atoms with Crippen LogP contribution in [0.25, 0.3) is 0 Å². The normalized spacial score (nSPS) is 16.5. The summed E-state index contributed by atoms with van der Waals surface area (Å²) in [6, 6.07) is 22.2. The molecule has 3 saturated carbocycles. The van der Waals surface area contributed by atoms with Crippen molar-refractivity contribution in [2.75, 3.05) is 97.8 Å². The fourth-order valence-corrected chi connectivity index (χ4v) is 10.5. The van der Waals surface area contributed by atoms with Crippen molar-refractivity contribution in [3.05, 3.63) is 106 Å². The van der Waals surface area contributed by atoms with Crippen molar-refractivity contribution in [2.45, 2.75) is 156 Å². The van der Waals surface area contributed by atoms with Gasteiger partial charge in [0, 0.05) is 89.2 Å². The first-order chi connectivity index (χ1) is 40.2. The van der Waals surface area contributed by atoms with E-state index >= 15 is 0 Å². The zero-order chi connectivity index (χ0) is 57.4. The first-order valence-corrected chi connectivity index (χ1v) is 30.5. The lowest BCUT2D eigenvalue weighted by Crippen LogP contribution is -2.27. The summed E-state index contributed by atoms with van der Waals surface area (Å²) in [6.07, 6.45) is 18.2. The smallest absolute Gasteiger partial charge is 0.229 e. The SMILES string of the molecule is CCCCNc1nc(NCc2ccc(C(=O)CCCOCCOCCC)cc2)nc(NCc2cccc(F)c2)n1.CCCOCCOCCCC(=O)c1ccc(CNc2nc(NCC3CCCCC3)nc(NC3CC4CCC3C4)n2)cc1. The highest BCUT2D eigenvalue weighted by Gasteiger charge is 2.40. The van der Waals surface area contributed by atoms with E-state index in [-0.39, 0.29) is 17.4 Å². The van der Waals surface area contributed by atoms with E-state index in [2.05, 4.69) is 67.6 Å². The lowest BCUT2D eigenvalue weighted by atomic mass is 9.89. The molecule has 19 heteroatoms. The summed E-state index contributed by atoms with van der Waals surface area (Å²) >= 11 is 0. The molecule has 3 atom stereocenters. The highest BCUT2D eigenvalue weighted by molar-refractivity contribution is 5.96. The Morgan fingerprint density at radius 3 is 1.49 bits per heavy atom. The summed E-state index contributed by atoms with van der Waals surface area (Å²) in [7, 11) is 0. The fraction of sp³-hybridized carbons (Fsp3) is 0.587. The summed E-state index contributed by atoms with van der Waals surface area (Å²) < 4.78 is 35.4. The summed E-state index contributed by atoms with van der Waals surface area (Å²) in [5.74, 6) is 5.37. The van der Waals surface area contributed by atoms with Gasteiger partial charge in [0.15, 0.2) is 11.6 Å². The van der Waals surface area contributed by atoms with Crippen LogP contribution in [0, 0.1) is 23.6 Å². The summed E-state index contributed by atoms with van der Waals surface area (Å²) in [4.78, 5) is 52.8. The number of halogens is 1. The Kier molecular flexibility index (Phi) is 27.9. The number of hydrogen-bond acceptors (Lipinski definition) is 18. The average Bonchev–Trinajstić information content (AvgIpc) is 4.35. The van der Waals surface area contributed by atoms with Crippen LogP contribution in [0.15, 0.2) is 72.8 Å². The van der Waals surface area contributed by atoms with E-state index in [1.54, 1.807) is 6.07 Å². The maximum atomic E-state index is 13.5. The van der Waals surface area contributed by atoms with Crippen LogP contribution in [0.4, 0.5) is 40.1 Å². The number of anilines is 6. The summed E-state index contributed by atoms with van der Waals surface area (Å²) in [5, 5.41) is 20.2. The molecule has 2 bridgehead atoms. The number of benzene rings is 3. The highest BCUT2D eigenvalue weighted by Crippen LogP contribution is 2.45. The molecule has 0 spiro atoms. The van der Waals surface area contributed by atoms with Gasteiger partial charge in [0.05, 0.1) is 26.4 Å². The molecule has 0 amide bonds. The average molecular weight is 1130 g/mol.